The lowest BCUT2D eigenvalue weighted by molar-refractivity contribution is -0.113. The van der Waals surface area contributed by atoms with Crippen LogP contribution in [-0.2, 0) is 11.3 Å². The molecule has 0 aliphatic heterocycles. The molecule has 0 fully saturated rings. The van der Waals surface area contributed by atoms with E-state index in [1.165, 1.54) is 11.8 Å². The van der Waals surface area contributed by atoms with Crippen LogP contribution in [0, 0.1) is 0 Å². The molecular weight excluding hydrogens is 438 g/mol. The molecule has 1 atom stereocenters. The number of anilines is 1. The largest absolute Gasteiger partial charge is 0.494 e. The first-order valence-electron chi connectivity index (χ1n) is 10.6. The van der Waals surface area contributed by atoms with Gasteiger partial charge < -0.3 is 19.9 Å². The molecule has 3 aromatic rings. The van der Waals surface area contributed by atoms with Crippen LogP contribution in [0.15, 0.2) is 72.4 Å². The smallest absolute Gasteiger partial charge is 0.251 e. The van der Waals surface area contributed by atoms with Gasteiger partial charge in [-0.2, -0.15) is 0 Å². The van der Waals surface area contributed by atoms with Crippen molar-refractivity contribution in [3.05, 3.63) is 78.6 Å². The zero-order chi connectivity index (χ0) is 23.6. The van der Waals surface area contributed by atoms with Crippen LogP contribution in [0.3, 0.4) is 0 Å². The second-order valence-corrected chi connectivity index (χ2v) is 8.04. The molecule has 8 nitrogen and oxygen atoms in total. The Hall–Kier alpha value is -3.59. The minimum Gasteiger partial charge on any atom is -0.494 e. The molecule has 1 heterocycles. The average molecular weight is 466 g/mol. The Bertz CT molecular complexity index is 1080. The number of rotatable bonds is 11. The second-order valence-electron chi connectivity index (χ2n) is 7.10. The third kappa shape index (κ3) is 6.69. The topological polar surface area (TPSA) is 98.1 Å². The number of nitrogens with zero attached hydrogens (tertiary/aromatic N) is 3. The van der Waals surface area contributed by atoms with Crippen molar-refractivity contribution in [3.63, 3.8) is 0 Å². The SMILES string of the molecule is C=CCn1c(SCC(=O)Nc2ccc(OCC)cc2)nnc1[C@@H](C)NC(=O)c1ccccc1. The molecule has 2 N–H and O–H groups in total. The van der Waals surface area contributed by atoms with E-state index in [-0.39, 0.29) is 23.6 Å². The number of nitrogens with one attached hydrogen (secondary N) is 2. The van der Waals surface area contributed by atoms with Gasteiger partial charge >= 0.3 is 0 Å². The molecule has 0 bridgehead atoms. The van der Waals surface area contributed by atoms with Crippen molar-refractivity contribution in [2.75, 3.05) is 17.7 Å². The van der Waals surface area contributed by atoms with Crippen LogP contribution in [0.4, 0.5) is 5.69 Å². The Morgan fingerprint density at radius 3 is 2.55 bits per heavy atom. The van der Waals surface area contributed by atoms with Crippen LogP contribution in [0.1, 0.15) is 36.1 Å². The zero-order valence-corrected chi connectivity index (χ0v) is 19.5. The van der Waals surface area contributed by atoms with E-state index in [0.717, 1.165) is 5.75 Å². The predicted octanol–water partition coefficient (Wildman–Crippen LogP) is 4.08. The minimum absolute atomic E-state index is 0.160. The van der Waals surface area contributed by atoms with Gasteiger partial charge in [0.2, 0.25) is 5.91 Å². The number of allylic oxidation sites excluding steroid dienone is 1. The van der Waals surface area contributed by atoms with Crippen molar-refractivity contribution < 1.29 is 14.3 Å². The van der Waals surface area contributed by atoms with E-state index in [1.54, 1.807) is 30.3 Å². The molecule has 172 valence electrons. The molecule has 0 radical (unpaired) electrons. The van der Waals surface area contributed by atoms with E-state index >= 15 is 0 Å². The molecule has 2 amide bonds. The second kappa shape index (κ2) is 11.9. The average Bonchev–Trinajstić information content (AvgIpc) is 3.22. The third-order valence-corrected chi connectivity index (χ3v) is 5.58. The number of aromatic nitrogens is 3. The Morgan fingerprint density at radius 1 is 1.15 bits per heavy atom. The van der Waals surface area contributed by atoms with Crippen LogP contribution in [0.5, 0.6) is 5.75 Å². The molecule has 0 saturated carbocycles. The maximum absolute atomic E-state index is 12.5. The van der Waals surface area contributed by atoms with Crippen LogP contribution in [-0.4, -0.2) is 38.9 Å². The van der Waals surface area contributed by atoms with Crippen molar-refractivity contribution in [3.8, 4) is 5.75 Å². The van der Waals surface area contributed by atoms with Gasteiger partial charge in [0.15, 0.2) is 11.0 Å². The lowest BCUT2D eigenvalue weighted by Crippen LogP contribution is -2.28. The summed E-state index contributed by atoms with van der Waals surface area (Å²) < 4.78 is 7.25. The van der Waals surface area contributed by atoms with Gasteiger partial charge in [-0.25, -0.2) is 0 Å². The monoisotopic (exact) mass is 465 g/mol. The summed E-state index contributed by atoms with van der Waals surface area (Å²) in [7, 11) is 0. The van der Waals surface area contributed by atoms with Crippen molar-refractivity contribution in [1.82, 2.24) is 20.1 Å². The van der Waals surface area contributed by atoms with E-state index in [4.69, 9.17) is 4.74 Å². The van der Waals surface area contributed by atoms with Crippen LogP contribution >= 0.6 is 11.8 Å². The first-order valence-corrected chi connectivity index (χ1v) is 11.6. The fourth-order valence-corrected chi connectivity index (χ4v) is 3.85. The highest BCUT2D eigenvalue weighted by atomic mass is 32.2. The number of hydrogen-bond acceptors (Lipinski definition) is 6. The minimum atomic E-state index is -0.378. The van der Waals surface area contributed by atoms with Gasteiger partial charge in [-0.05, 0) is 50.2 Å². The van der Waals surface area contributed by atoms with Gasteiger partial charge in [0.25, 0.3) is 5.91 Å². The lowest BCUT2D eigenvalue weighted by Gasteiger charge is -2.15. The zero-order valence-electron chi connectivity index (χ0n) is 18.7. The first kappa shape index (κ1) is 24.1. The summed E-state index contributed by atoms with van der Waals surface area (Å²) in [5.41, 5.74) is 1.26. The highest BCUT2D eigenvalue weighted by molar-refractivity contribution is 7.99. The molecule has 33 heavy (non-hydrogen) atoms. The van der Waals surface area contributed by atoms with E-state index in [2.05, 4.69) is 27.4 Å². The fourth-order valence-electron chi connectivity index (χ4n) is 3.09. The van der Waals surface area contributed by atoms with Gasteiger partial charge in [-0.15, -0.1) is 16.8 Å². The molecule has 9 heteroatoms. The molecular formula is C24H27N5O3S. The third-order valence-electron chi connectivity index (χ3n) is 4.61. The van der Waals surface area contributed by atoms with E-state index < -0.39 is 0 Å². The summed E-state index contributed by atoms with van der Waals surface area (Å²) in [6.07, 6.45) is 1.72. The highest BCUT2D eigenvalue weighted by Gasteiger charge is 2.20. The van der Waals surface area contributed by atoms with E-state index in [1.807, 2.05) is 48.7 Å². The Labute approximate surface area is 197 Å². The number of ether oxygens (including phenoxy) is 1. The number of hydrogen-bond donors (Lipinski definition) is 2. The summed E-state index contributed by atoms with van der Waals surface area (Å²) in [5, 5.41) is 14.9. The highest BCUT2D eigenvalue weighted by Crippen LogP contribution is 2.22. The maximum Gasteiger partial charge on any atom is 0.251 e. The number of amides is 2. The molecule has 0 aliphatic rings. The number of thioether (sulfide) groups is 1. The van der Waals surface area contributed by atoms with Crippen molar-refractivity contribution >= 4 is 29.3 Å². The molecule has 0 spiro atoms. The predicted molar refractivity (Wildman–Crippen MR) is 130 cm³/mol. The molecule has 2 aromatic carbocycles. The number of benzene rings is 2. The summed E-state index contributed by atoms with van der Waals surface area (Å²) in [4.78, 5) is 24.9. The molecule has 0 aliphatic carbocycles. The maximum atomic E-state index is 12.5. The van der Waals surface area contributed by atoms with Crippen LogP contribution < -0.4 is 15.4 Å². The Kier molecular flexibility index (Phi) is 8.65. The molecule has 0 saturated heterocycles. The quantitative estimate of drug-likeness (QED) is 0.327. The van der Waals surface area contributed by atoms with E-state index in [9.17, 15) is 9.59 Å². The molecule has 0 unspecified atom stereocenters. The first-order chi connectivity index (χ1) is 16.0. The molecule has 3 rings (SSSR count). The van der Waals surface area contributed by atoms with Gasteiger partial charge in [0.1, 0.15) is 5.75 Å². The normalized spacial score (nSPS) is 11.5. The number of carbonyl (C=O) groups is 2. The van der Waals surface area contributed by atoms with Gasteiger partial charge in [0.05, 0.1) is 18.4 Å². The van der Waals surface area contributed by atoms with Crippen molar-refractivity contribution in [2.45, 2.75) is 31.6 Å². The standard InChI is InChI=1S/C24H27N5O3S/c1-4-15-29-22(17(3)25-23(31)18-9-7-6-8-10-18)27-28-24(29)33-16-21(30)26-19-11-13-20(14-12-19)32-5-2/h4,6-14,17H,1,5,15-16H2,2-3H3,(H,25,31)(H,26,30)/t17-/m1/s1. The van der Waals surface area contributed by atoms with Gasteiger partial charge in [-0.3, -0.25) is 9.59 Å². The van der Waals surface area contributed by atoms with Crippen LogP contribution in [0.2, 0.25) is 0 Å². The van der Waals surface area contributed by atoms with Crippen molar-refractivity contribution in [1.29, 1.82) is 0 Å². The number of carbonyl (C=O) groups excluding carboxylic acids is 2. The van der Waals surface area contributed by atoms with Crippen molar-refractivity contribution in [2.24, 2.45) is 0 Å². The summed E-state index contributed by atoms with van der Waals surface area (Å²) in [5.74, 6) is 1.15. The van der Waals surface area contributed by atoms with Crippen LogP contribution in [0.25, 0.3) is 0 Å². The molecule has 1 aromatic heterocycles. The Balaban J connectivity index is 1.61. The lowest BCUT2D eigenvalue weighted by atomic mass is 10.2. The summed E-state index contributed by atoms with van der Waals surface area (Å²) in [6.45, 7) is 8.60. The summed E-state index contributed by atoms with van der Waals surface area (Å²) in [6, 6.07) is 15.8. The fraction of sp³-hybridized carbons (Fsp3) is 0.250. The van der Waals surface area contributed by atoms with Gasteiger partial charge in [-0.1, -0.05) is 36.0 Å². The Morgan fingerprint density at radius 2 is 1.88 bits per heavy atom. The van der Waals surface area contributed by atoms with Gasteiger partial charge in [0, 0.05) is 17.8 Å². The van der Waals surface area contributed by atoms with E-state index in [0.29, 0.717) is 35.4 Å². The summed E-state index contributed by atoms with van der Waals surface area (Å²) >= 11 is 1.27.